The number of nitrogens with one attached hydrogen (secondary N) is 3. The maximum atomic E-state index is 12.8. The lowest BCUT2D eigenvalue weighted by Gasteiger charge is -2.31. The number of hydrogen-bond donors (Lipinski definition) is 3. The molecule has 1 saturated heterocycles. The number of carbonyl (C=O) groups excluding carboxylic acids is 1. The number of aromatic nitrogens is 5. The monoisotopic (exact) mass is 443 g/mol. The fourth-order valence-corrected chi connectivity index (χ4v) is 4.71. The Balaban J connectivity index is 1.21. The van der Waals surface area contributed by atoms with Crippen molar-refractivity contribution < 1.29 is 9.53 Å². The Morgan fingerprint density at radius 3 is 2.94 bits per heavy atom. The zero-order valence-corrected chi connectivity index (χ0v) is 18.2. The van der Waals surface area contributed by atoms with Crippen molar-refractivity contribution in [3.63, 3.8) is 0 Å². The number of anilines is 2. The van der Waals surface area contributed by atoms with Crippen LogP contribution in [0.15, 0.2) is 42.9 Å². The fourth-order valence-electron chi connectivity index (χ4n) is 4.71. The summed E-state index contributed by atoms with van der Waals surface area (Å²) in [5.74, 6) is 1.07. The first-order valence-electron chi connectivity index (χ1n) is 11.3. The standard InChI is InChI=1S/C24H25N7O2/c32-24(31-7-9-33-10-8-31)16-3-1-15(2-4-16)21-12-19-22(25-14-26-23(19)29-21)28-18-5-6-20-17(11-18)13-27-30-20/h1,5-6,11-14,16H,2-4,7-10H2,(H,27,30)(H2,25,26,28,29). The predicted molar refractivity (Wildman–Crippen MR) is 126 cm³/mol. The molecule has 1 aromatic carbocycles. The maximum absolute atomic E-state index is 12.8. The van der Waals surface area contributed by atoms with Crippen molar-refractivity contribution in [2.45, 2.75) is 19.3 Å². The normalized spacial score (nSPS) is 19.1. The Kier molecular flexibility index (Phi) is 5.03. The van der Waals surface area contributed by atoms with E-state index in [-0.39, 0.29) is 11.8 Å². The van der Waals surface area contributed by atoms with E-state index >= 15 is 0 Å². The van der Waals surface area contributed by atoms with E-state index in [2.05, 4.69) is 42.6 Å². The highest BCUT2D eigenvalue weighted by Gasteiger charge is 2.28. The Morgan fingerprint density at radius 1 is 1.18 bits per heavy atom. The topological polar surface area (TPSA) is 112 Å². The van der Waals surface area contributed by atoms with E-state index in [0.29, 0.717) is 26.3 Å². The minimum absolute atomic E-state index is 0.0612. The van der Waals surface area contributed by atoms with Crippen LogP contribution in [0.5, 0.6) is 0 Å². The number of hydrogen-bond acceptors (Lipinski definition) is 6. The average molecular weight is 444 g/mol. The molecule has 1 fully saturated rings. The van der Waals surface area contributed by atoms with Gasteiger partial charge in [-0.05, 0) is 49.1 Å². The van der Waals surface area contributed by atoms with Gasteiger partial charge in [-0.1, -0.05) is 6.08 Å². The van der Waals surface area contributed by atoms with Gasteiger partial charge in [-0.15, -0.1) is 0 Å². The van der Waals surface area contributed by atoms with E-state index in [0.717, 1.165) is 58.4 Å². The van der Waals surface area contributed by atoms with Crippen molar-refractivity contribution in [1.82, 2.24) is 30.0 Å². The summed E-state index contributed by atoms with van der Waals surface area (Å²) in [6.45, 7) is 2.69. The maximum Gasteiger partial charge on any atom is 0.226 e. The van der Waals surface area contributed by atoms with Crippen molar-refractivity contribution in [3.05, 3.63) is 48.6 Å². The van der Waals surface area contributed by atoms with Gasteiger partial charge in [0, 0.05) is 35.8 Å². The summed E-state index contributed by atoms with van der Waals surface area (Å²) >= 11 is 0. The lowest BCUT2D eigenvalue weighted by molar-refractivity contribution is -0.139. The van der Waals surface area contributed by atoms with Crippen molar-refractivity contribution in [3.8, 4) is 0 Å². The molecule has 4 aromatic rings. The zero-order valence-electron chi connectivity index (χ0n) is 18.2. The van der Waals surface area contributed by atoms with E-state index in [1.165, 1.54) is 5.57 Å². The van der Waals surface area contributed by atoms with Crippen LogP contribution in [-0.4, -0.2) is 62.3 Å². The number of benzene rings is 1. The van der Waals surface area contributed by atoms with Gasteiger partial charge in [0.1, 0.15) is 17.8 Å². The summed E-state index contributed by atoms with van der Waals surface area (Å²) in [6.07, 6.45) is 8.05. The minimum Gasteiger partial charge on any atom is -0.378 e. The van der Waals surface area contributed by atoms with Crippen LogP contribution < -0.4 is 5.32 Å². The van der Waals surface area contributed by atoms with Crippen molar-refractivity contribution >= 4 is 44.9 Å². The number of H-pyrrole nitrogens is 2. The third kappa shape index (κ3) is 3.84. The van der Waals surface area contributed by atoms with E-state index in [1.807, 2.05) is 23.1 Å². The van der Waals surface area contributed by atoms with Gasteiger partial charge in [0.05, 0.1) is 30.3 Å². The summed E-state index contributed by atoms with van der Waals surface area (Å²) in [5, 5.41) is 12.4. The molecule has 1 unspecified atom stereocenters. The summed E-state index contributed by atoms with van der Waals surface area (Å²) in [4.78, 5) is 27.1. The van der Waals surface area contributed by atoms with Gasteiger partial charge < -0.3 is 19.9 Å². The number of ether oxygens (including phenoxy) is 1. The first kappa shape index (κ1) is 19.9. The average Bonchev–Trinajstić information content (AvgIpc) is 3.52. The number of morpholine rings is 1. The number of nitrogens with zero attached hydrogens (tertiary/aromatic N) is 4. The zero-order chi connectivity index (χ0) is 22.2. The molecule has 33 heavy (non-hydrogen) atoms. The second-order valence-electron chi connectivity index (χ2n) is 8.60. The van der Waals surface area contributed by atoms with E-state index in [9.17, 15) is 4.79 Å². The van der Waals surface area contributed by atoms with Crippen LogP contribution in [-0.2, 0) is 9.53 Å². The molecular formula is C24H25N7O2. The Bertz CT molecular complexity index is 1350. The molecule has 0 radical (unpaired) electrons. The molecule has 0 spiro atoms. The van der Waals surface area contributed by atoms with Crippen LogP contribution in [0.1, 0.15) is 25.0 Å². The van der Waals surface area contributed by atoms with Crippen molar-refractivity contribution in [2.75, 3.05) is 31.6 Å². The molecule has 9 nitrogen and oxygen atoms in total. The highest BCUT2D eigenvalue weighted by Crippen LogP contribution is 2.34. The number of rotatable bonds is 4. The summed E-state index contributed by atoms with van der Waals surface area (Å²) in [6, 6.07) is 8.13. The summed E-state index contributed by atoms with van der Waals surface area (Å²) in [5.41, 5.74) is 4.99. The molecule has 0 saturated carbocycles. The number of allylic oxidation sites excluding steroid dienone is 2. The number of amides is 1. The third-order valence-electron chi connectivity index (χ3n) is 6.56. The van der Waals surface area contributed by atoms with Gasteiger partial charge in [0.25, 0.3) is 0 Å². The van der Waals surface area contributed by atoms with Gasteiger partial charge in [-0.2, -0.15) is 5.10 Å². The molecule has 1 amide bonds. The SMILES string of the molecule is O=C(C1CC=C(c2cc3c(Nc4ccc5[nH]ncc5c4)ncnc3[nH]2)CC1)N1CCOCC1. The van der Waals surface area contributed by atoms with Gasteiger partial charge in [-0.25, -0.2) is 9.97 Å². The second kappa shape index (κ2) is 8.32. The van der Waals surface area contributed by atoms with Gasteiger partial charge in [0.2, 0.25) is 5.91 Å². The molecule has 3 N–H and O–H groups in total. The molecule has 1 atom stereocenters. The molecule has 3 aromatic heterocycles. The molecule has 1 aliphatic carbocycles. The molecule has 9 heteroatoms. The third-order valence-corrected chi connectivity index (χ3v) is 6.56. The van der Waals surface area contributed by atoms with Crippen LogP contribution in [0, 0.1) is 5.92 Å². The molecule has 168 valence electrons. The Labute approximate surface area is 190 Å². The van der Waals surface area contributed by atoms with Crippen molar-refractivity contribution in [2.24, 2.45) is 5.92 Å². The molecule has 1 aliphatic heterocycles. The molecular weight excluding hydrogens is 418 g/mol. The largest absolute Gasteiger partial charge is 0.378 e. The fraction of sp³-hybridized carbons (Fsp3) is 0.333. The van der Waals surface area contributed by atoms with Gasteiger partial charge in [-0.3, -0.25) is 9.89 Å². The lowest BCUT2D eigenvalue weighted by atomic mass is 9.87. The van der Waals surface area contributed by atoms with Crippen LogP contribution in [0.3, 0.4) is 0 Å². The summed E-state index contributed by atoms with van der Waals surface area (Å²) in [7, 11) is 0. The van der Waals surface area contributed by atoms with Crippen LogP contribution in [0.2, 0.25) is 0 Å². The Hall–Kier alpha value is -3.72. The Morgan fingerprint density at radius 2 is 2.09 bits per heavy atom. The minimum atomic E-state index is 0.0612. The number of fused-ring (bicyclic) bond motifs is 2. The first-order chi connectivity index (χ1) is 16.2. The van der Waals surface area contributed by atoms with E-state index < -0.39 is 0 Å². The first-order valence-corrected chi connectivity index (χ1v) is 11.3. The van der Waals surface area contributed by atoms with E-state index in [1.54, 1.807) is 12.5 Å². The number of carbonyl (C=O) groups is 1. The van der Waals surface area contributed by atoms with E-state index in [4.69, 9.17) is 4.74 Å². The van der Waals surface area contributed by atoms with Crippen LogP contribution in [0.25, 0.3) is 27.5 Å². The second-order valence-corrected chi connectivity index (χ2v) is 8.60. The van der Waals surface area contributed by atoms with Gasteiger partial charge >= 0.3 is 0 Å². The van der Waals surface area contributed by atoms with Crippen LogP contribution >= 0.6 is 0 Å². The molecule has 6 rings (SSSR count). The smallest absolute Gasteiger partial charge is 0.226 e. The van der Waals surface area contributed by atoms with Gasteiger partial charge in [0.15, 0.2) is 0 Å². The van der Waals surface area contributed by atoms with Crippen LogP contribution in [0.4, 0.5) is 11.5 Å². The quantitative estimate of drug-likeness (QED) is 0.444. The molecule has 2 aliphatic rings. The highest BCUT2D eigenvalue weighted by atomic mass is 16.5. The predicted octanol–water partition coefficient (Wildman–Crippen LogP) is 3.62. The molecule has 0 bridgehead atoms. The van der Waals surface area contributed by atoms with Crippen molar-refractivity contribution in [1.29, 1.82) is 0 Å². The number of aromatic amines is 2. The molecule has 4 heterocycles. The summed E-state index contributed by atoms with van der Waals surface area (Å²) < 4.78 is 5.37. The highest BCUT2D eigenvalue weighted by molar-refractivity contribution is 5.93. The lowest BCUT2D eigenvalue weighted by Crippen LogP contribution is -2.44.